The lowest BCUT2D eigenvalue weighted by Gasteiger charge is -2.31. The van der Waals surface area contributed by atoms with Crippen molar-refractivity contribution >= 4 is 21.6 Å². The number of hydrogen-bond acceptors (Lipinski definition) is 4. The molecule has 0 aromatic heterocycles. The topological polar surface area (TPSA) is 66.8 Å². The lowest BCUT2D eigenvalue weighted by Crippen LogP contribution is -2.40. The highest BCUT2D eigenvalue weighted by atomic mass is 35.5. The van der Waals surface area contributed by atoms with Crippen molar-refractivity contribution in [3.05, 3.63) is 23.2 Å². The number of piperidine rings is 1. The first-order valence-electron chi connectivity index (χ1n) is 6.43. The largest absolute Gasteiger partial charge is 0.495 e. The van der Waals surface area contributed by atoms with Gasteiger partial charge in [-0.05, 0) is 30.9 Å². The van der Waals surface area contributed by atoms with Crippen LogP contribution in [0, 0.1) is 5.92 Å². The summed E-state index contributed by atoms with van der Waals surface area (Å²) in [5.41, 5.74) is 0. The number of benzene rings is 1. The molecule has 1 heterocycles. The number of sulfonamides is 1. The molecule has 1 saturated heterocycles. The fourth-order valence-electron chi connectivity index (χ4n) is 2.39. The normalized spacial score (nSPS) is 20.9. The number of aliphatic hydroxyl groups excluding tert-OH is 1. The number of nitrogens with zero attached hydrogens (tertiary/aromatic N) is 1. The molecule has 0 bridgehead atoms. The fourth-order valence-corrected chi connectivity index (χ4v) is 4.24. The Hall–Kier alpha value is -0.820. The summed E-state index contributed by atoms with van der Waals surface area (Å²) in [5.74, 6) is 0.237. The molecule has 1 fully saturated rings. The van der Waals surface area contributed by atoms with Gasteiger partial charge in [0.15, 0.2) is 0 Å². The van der Waals surface area contributed by atoms with E-state index < -0.39 is 10.0 Å². The molecule has 1 atom stereocenters. The van der Waals surface area contributed by atoms with Gasteiger partial charge in [0.25, 0.3) is 0 Å². The Morgan fingerprint density at radius 3 is 2.90 bits per heavy atom. The Morgan fingerprint density at radius 2 is 2.25 bits per heavy atom. The van der Waals surface area contributed by atoms with Crippen LogP contribution < -0.4 is 4.74 Å². The molecule has 1 aliphatic rings. The third-order valence-electron chi connectivity index (χ3n) is 3.48. The summed E-state index contributed by atoms with van der Waals surface area (Å²) in [5, 5.41) is 9.64. The molecule has 20 heavy (non-hydrogen) atoms. The first-order valence-corrected chi connectivity index (χ1v) is 8.25. The van der Waals surface area contributed by atoms with E-state index in [1.807, 2.05) is 0 Å². The minimum absolute atomic E-state index is 0.00294. The Bertz CT molecular complexity index is 576. The Morgan fingerprint density at radius 1 is 1.50 bits per heavy atom. The van der Waals surface area contributed by atoms with Crippen LogP contribution in [0.1, 0.15) is 12.8 Å². The highest BCUT2D eigenvalue weighted by Crippen LogP contribution is 2.31. The van der Waals surface area contributed by atoms with Gasteiger partial charge in [-0.15, -0.1) is 0 Å². The summed E-state index contributed by atoms with van der Waals surface area (Å²) in [4.78, 5) is 0.114. The van der Waals surface area contributed by atoms with Crippen LogP contribution in [0.4, 0.5) is 0 Å². The molecular weight excluding hydrogens is 302 g/mol. The van der Waals surface area contributed by atoms with E-state index in [2.05, 4.69) is 0 Å². The molecule has 1 unspecified atom stereocenters. The molecule has 0 radical (unpaired) electrons. The molecule has 0 amide bonds. The first kappa shape index (κ1) is 15.6. The number of rotatable bonds is 4. The van der Waals surface area contributed by atoms with Crippen molar-refractivity contribution in [2.24, 2.45) is 5.92 Å². The Balaban J connectivity index is 2.35. The van der Waals surface area contributed by atoms with Crippen molar-refractivity contribution in [3.63, 3.8) is 0 Å². The zero-order valence-corrected chi connectivity index (χ0v) is 12.8. The quantitative estimate of drug-likeness (QED) is 0.918. The van der Waals surface area contributed by atoms with Gasteiger partial charge in [-0.3, -0.25) is 0 Å². The van der Waals surface area contributed by atoms with Gasteiger partial charge in [0.2, 0.25) is 10.0 Å². The van der Waals surface area contributed by atoms with E-state index in [0.717, 1.165) is 12.8 Å². The molecule has 112 valence electrons. The number of hydrogen-bond donors (Lipinski definition) is 1. The molecule has 7 heteroatoms. The summed E-state index contributed by atoms with van der Waals surface area (Å²) in [6.07, 6.45) is 1.60. The van der Waals surface area contributed by atoms with Crippen LogP contribution in [0.25, 0.3) is 0 Å². The lowest BCUT2D eigenvalue weighted by atomic mass is 10.0. The molecule has 1 N–H and O–H groups in total. The van der Waals surface area contributed by atoms with Crippen molar-refractivity contribution in [1.82, 2.24) is 4.31 Å². The van der Waals surface area contributed by atoms with Gasteiger partial charge in [0, 0.05) is 30.8 Å². The van der Waals surface area contributed by atoms with Crippen LogP contribution in [-0.4, -0.2) is 44.6 Å². The van der Waals surface area contributed by atoms with Gasteiger partial charge in [-0.2, -0.15) is 4.31 Å². The molecule has 1 aromatic carbocycles. The van der Waals surface area contributed by atoms with E-state index in [0.29, 0.717) is 18.1 Å². The molecule has 0 saturated carbocycles. The van der Waals surface area contributed by atoms with Gasteiger partial charge in [-0.1, -0.05) is 11.6 Å². The number of aliphatic hydroxyl groups is 1. The monoisotopic (exact) mass is 319 g/mol. The minimum Gasteiger partial charge on any atom is -0.495 e. The standard InChI is InChI=1S/C13H18ClNO4S/c1-19-12-7-11(14)4-5-13(12)20(17,18)15-6-2-3-10(8-15)9-16/h4-5,7,10,16H,2-3,6,8-9H2,1H3. The lowest BCUT2D eigenvalue weighted by molar-refractivity contribution is 0.165. The predicted molar refractivity (Wildman–Crippen MR) is 76.6 cm³/mol. The maximum Gasteiger partial charge on any atom is 0.246 e. The second-order valence-corrected chi connectivity index (χ2v) is 7.19. The second kappa shape index (κ2) is 6.30. The van der Waals surface area contributed by atoms with E-state index in [-0.39, 0.29) is 23.2 Å². The van der Waals surface area contributed by atoms with E-state index in [1.54, 1.807) is 0 Å². The highest BCUT2D eigenvalue weighted by molar-refractivity contribution is 7.89. The van der Waals surface area contributed by atoms with E-state index in [9.17, 15) is 13.5 Å². The maximum absolute atomic E-state index is 12.7. The average molecular weight is 320 g/mol. The molecule has 1 aromatic rings. The Labute approximate surface area is 124 Å². The number of halogens is 1. The van der Waals surface area contributed by atoms with Gasteiger partial charge >= 0.3 is 0 Å². The van der Waals surface area contributed by atoms with Gasteiger partial charge < -0.3 is 9.84 Å². The number of methoxy groups -OCH3 is 1. The van der Waals surface area contributed by atoms with Crippen molar-refractivity contribution in [2.45, 2.75) is 17.7 Å². The molecule has 5 nitrogen and oxygen atoms in total. The third kappa shape index (κ3) is 3.09. The molecule has 0 spiro atoms. The van der Waals surface area contributed by atoms with Crippen LogP contribution in [-0.2, 0) is 10.0 Å². The summed E-state index contributed by atoms with van der Waals surface area (Å²) in [7, 11) is -2.21. The second-order valence-electron chi connectivity index (χ2n) is 4.85. The first-order chi connectivity index (χ1) is 9.48. The Kier molecular flexibility index (Phi) is 4.90. The third-order valence-corrected chi connectivity index (χ3v) is 5.62. The van der Waals surface area contributed by atoms with Crippen molar-refractivity contribution < 1.29 is 18.3 Å². The van der Waals surface area contributed by atoms with Crippen LogP contribution in [0.2, 0.25) is 5.02 Å². The predicted octanol–water partition coefficient (Wildman–Crippen LogP) is 1.74. The van der Waals surface area contributed by atoms with E-state index in [4.69, 9.17) is 16.3 Å². The van der Waals surface area contributed by atoms with E-state index in [1.165, 1.54) is 29.6 Å². The van der Waals surface area contributed by atoms with Gasteiger partial charge in [0.1, 0.15) is 10.6 Å². The van der Waals surface area contributed by atoms with Crippen LogP contribution >= 0.6 is 11.6 Å². The smallest absolute Gasteiger partial charge is 0.246 e. The number of ether oxygens (including phenoxy) is 1. The van der Waals surface area contributed by atoms with E-state index >= 15 is 0 Å². The van der Waals surface area contributed by atoms with Gasteiger partial charge in [-0.25, -0.2) is 8.42 Å². The average Bonchev–Trinajstić information content (AvgIpc) is 2.46. The fraction of sp³-hybridized carbons (Fsp3) is 0.538. The zero-order valence-electron chi connectivity index (χ0n) is 11.3. The molecular formula is C13H18ClNO4S. The molecule has 0 aliphatic carbocycles. The summed E-state index contributed by atoms with van der Waals surface area (Å²) in [6, 6.07) is 4.48. The van der Waals surface area contributed by atoms with Gasteiger partial charge in [0.05, 0.1) is 7.11 Å². The van der Waals surface area contributed by atoms with Crippen molar-refractivity contribution in [1.29, 1.82) is 0 Å². The SMILES string of the molecule is COc1cc(Cl)ccc1S(=O)(=O)N1CCCC(CO)C1. The van der Waals surface area contributed by atoms with Crippen LogP contribution in [0.5, 0.6) is 5.75 Å². The highest BCUT2D eigenvalue weighted by Gasteiger charge is 2.32. The van der Waals surface area contributed by atoms with Crippen LogP contribution in [0.15, 0.2) is 23.1 Å². The summed E-state index contributed by atoms with van der Waals surface area (Å²) < 4.78 is 31.8. The molecule has 1 aliphatic heterocycles. The molecule has 2 rings (SSSR count). The minimum atomic E-state index is -3.63. The zero-order chi connectivity index (χ0) is 14.8. The summed E-state index contributed by atoms with van der Waals surface area (Å²) >= 11 is 5.86. The van der Waals surface area contributed by atoms with Crippen molar-refractivity contribution in [2.75, 3.05) is 26.8 Å². The van der Waals surface area contributed by atoms with Crippen LogP contribution in [0.3, 0.4) is 0 Å². The van der Waals surface area contributed by atoms with Crippen molar-refractivity contribution in [3.8, 4) is 5.75 Å². The maximum atomic E-state index is 12.7. The summed E-state index contributed by atoms with van der Waals surface area (Å²) in [6.45, 7) is 0.805.